The van der Waals surface area contributed by atoms with Gasteiger partial charge in [0.25, 0.3) is 0 Å². The van der Waals surface area contributed by atoms with Crippen molar-refractivity contribution < 1.29 is 0 Å². The van der Waals surface area contributed by atoms with Gasteiger partial charge >= 0.3 is 0 Å². The molecule has 0 heterocycles. The van der Waals surface area contributed by atoms with Crippen LogP contribution in [0.5, 0.6) is 0 Å². The molecular formula is C5H6Br. The van der Waals surface area contributed by atoms with E-state index in [1.807, 2.05) is 6.92 Å². The molecule has 0 aliphatic carbocycles. The second kappa shape index (κ2) is 3.24. The van der Waals surface area contributed by atoms with E-state index in [1.165, 1.54) is 0 Å². The van der Waals surface area contributed by atoms with Crippen molar-refractivity contribution in [1.29, 1.82) is 0 Å². The molecule has 1 heteroatoms. The molecule has 0 saturated heterocycles. The largest absolute Gasteiger partial charge is 0.120 e. The quantitative estimate of drug-likeness (QED) is 0.495. The van der Waals surface area contributed by atoms with Crippen LogP contribution in [0.4, 0.5) is 0 Å². The summed E-state index contributed by atoms with van der Waals surface area (Å²) in [7, 11) is 0. The first kappa shape index (κ1) is 6.04. The molecule has 33 valence electrons. The van der Waals surface area contributed by atoms with Crippen molar-refractivity contribution in [3.8, 4) is 12.3 Å². The Morgan fingerprint density at radius 1 is 2.00 bits per heavy atom. The monoisotopic (exact) mass is 145 g/mol. The highest BCUT2D eigenvalue weighted by atomic mass is 79.9. The molecule has 0 aromatic heterocycles. The van der Waals surface area contributed by atoms with Crippen molar-refractivity contribution in [3.05, 3.63) is 5.33 Å². The van der Waals surface area contributed by atoms with Gasteiger partial charge in [-0.3, -0.25) is 0 Å². The molecule has 0 saturated carbocycles. The molecule has 0 aromatic carbocycles. The molecule has 0 nitrogen and oxygen atoms in total. The average molecular weight is 146 g/mol. The highest BCUT2D eigenvalue weighted by molar-refractivity contribution is 9.10. The average Bonchev–Trinajstić information content (AvgIpc) is 1.65. The first-order valence-electron chi connectivity index (χ1n) is 1.71. The van der Waals surface area contributed by atoms with E-state index in [-0.39, 0.29) is 5.92 Å². The SMILES string of the molecule is C#CC(C)[CH]Br. The normalized spacial score (nSPS) is 12.8. The maximum absolute atomic E-state index is 4.97. The summed E-state index contributed by atoms with van der Waals surface area (Å²) in [5.74, 6) is 2.77. The van der Waals surface area contributed by atoms with Crippen LogP contribution in [0.1, 0.15) is 6.92 Å². The van der Waals surface area contributed by atoms with Crippen molar-refractivity contribution in [2.24, 2.45) is 5.92 Å². The molecule has 6 heavy (non-hydrogen) atoms. The Balaban J connectivity index is 3.04. The van der Waals surface area contributed by atoms with E-state index in [2.05, 4.69) is 21.9 Å². The summed E-state index contributed by atoms with van der Waals surface area (Å²) >= 11 is 3.11. The zero-order chi connectivity index (χ0) is 4.99. The zero-order valence-corrected chi connectivity index (χ0v) is 5.20. The van der Waals surface area contributed by atoms with Gasteiger partial charge in [-0.15, -0.1) is 12.3 Å². The van der Waals surface area contributed by atoms with Crippen molar-refractivity contribution >= 4 is 15.9 Å². The molecule has 0 aliphatic rings. The Morgan fingerprint density at radius 3 is 2.50 bits per heavy atom. The van der Waals surface area contributed by atoms with Gasteiger partial charge in [0.1, 0.15) is 0 Å². The van der Waals surface area contributed by atoms with Crippen molar-refractivity contribution in [3.63, 3.8) is 0 Å². The predicted octanol–water partition coefficient (Wildman–Crippen LogP) is 1.81. The maximum Gasteiger partial charge on any atom is 0.0417 e. The second-order valence-electron chi connectivity index (χ2n) is 1.08. The molecule has 0 aromatic rings. The fourth-order valence-corrected chi connectivity index (χ4v) is 0.189. The van der Waals surface area contributed by atoms with Gasteiger partial charge in [-0.05, 0) is 0 Å². The van der Waals surface area contributed by atoms with E-state index >= 15 is 0 Å². The number of hydrogen-bond donors (Lipinski definition) is 0. The molecule has 1 unspecified atom stereocenters. The van der Waals surface area contributed by atoms with Crippen LogP contribution in [0, 0.1) is 23.6 Å². The van der Waals surface area contributed by atoms with Gasteiger partial charge in [-0.1, -0.05) is 22.9 Å². The smallest absolute Gasteiger partial charge is 0.0417 e. The standard InChI is InChI=1S/C5H6Br/c1-3-5(2)4-6/h1,4-5H,2H3. The van der Waals surface area contributed by atoms with E-state index in [0.29, 0.717) is 0 Å². The van der Waals surface area contributed by atoms with Gasteiger partial charge < -0.3 is 0 Å². The summed E-state index contributed by atoms with van der Waals surface area (Å²) in [5.41, 5.74) is 0. The number of terminal acetylenes is 1. The maximum atomic E-state index is 4.97. The second-order valence-corrected chi connectivity index (χ2v) is 1.61. The number of hydrogen-bond acceptors (Lipinski definition) is 0. The van der Waals surface area contributed by atoms with E-state index in [4.69, 9.17) is 6.42 Å². The fourth-order valence-electron chi connectivity index (χ4n) is 0.0364. The lowest BCUT2D eigenvalue weighted by atomic mass is 10.2. The summed E-state index contributed by atoms with van der Waals surface area (Å²) in [6.07, 6.45) is 4.97. The minimum Gasteiger partial charge on any atom is -0.120 e. The van der Waals surface area contributed by atoms with E-state index < -0.39 is 0 Å². The van der Waals surface area contributed by atoms with Crippen molar-refractivity contribution in [2.75, 3.05) is 0 Å². The summed E-state index contributed by atoms with van der Waals surface area (Å²) in [6.45, 7) is 1.94. The van der Waals surface area contributed by atoms with Crippen LogP contribution in [0.2, 0.25) is 0 Å². The van der Waals surface area contributed by atoms with Crippen LogP contribution in [0.3, 0.4) is 0 Å². The Morgan fingerprint density at radius 2 is 2.50 bits per heavy atom. The van der Waals surface area contributed by atoms with Gasteiger partial charge in [0, 0.05) is 11.2 Å². The van der Waals surface area contributed by atoms with Crippen LogP contribution in [0.15, 0.2) is 0 Å². The molecule has 0 rings (SSSR count). The minimum atomic E-state index is 0.255. The Kier molecular flexibility index (Phi) is 3.26. The summed E-state index contributed by atoms with van der Waals surface area (Å²) < 4.78 is 0. The fraction of sp³-hybridized carbons (Fsp3) is 0.400. The lowest BCUT2D eigenvalue weighted by molar-refractivity contribution is 0.964. The topological polar surface area (TPSA) is 0 Å². The lowest BCUT2D eigenvalue weighted by Gasteiger charge is -1.88. The third-order valence-electron chi connectivity index (χ3n) is 0.452. The van der Waals surface area contributed by atoms with Crippen LogP contribution < -0.4 is 0 Å². The van der Waals surface area contributed by atoms with Gasteiger partial charge in [0.05, 0.1) is 0 Å². The minimum absolute atomic E-state index is 0.255. The molecule has 0 aliphatic heterocycles. The molecule has 0 fully saturated rings. The van der Waals surface area contributed by atoms with Gasteiger partial charge in [0.15, 0.2) is 0 Å². The van der Waals surface area contributed by atoms with Gasteiger partial charge in [0.2, 0.25) is 0 Å². The summed E-state index contributed by atoms with van der Waals surface area (Å²) in [4.78, 5) is 0. The van der Waals surface area contributed by atoms with Crippen molar-refractivity contribution in [2.45, 2.75) is 6.92 Å². The zero-order valence-electron chi connectivity index (χ0n) is 3.61. The molecule has 0 bridgehead atoms. The summed E-state index contributed by atoms with van der Waals surface area (Å²) in [5, 5.41) is 1.80. The molecule has 1 atom stereocenters. The Hall–Kier alpha value is 0.0400. The number of rotatable bonds is 1. The summed E-state index contributed by atoms with van der Waals surface area (Å²) in [6, 6.07) is 0. The van der Waals surface area contributed by atoms with Crippen molar-refractivity contribution in [1.82, 2.24) is 0 Å². The van der Waals surface area contributed by atoms with Crippen LogP contribution in [0.25, 0.3) is 0 Å². The first-order valence-corrected chi connectivity index (χ1v) is 2.62. The van der Waals surface area contributed by atoms with E-state index in [0.717, 1.165) is 0 Å². The Bertz CT molecular complexity index is 60.8. The highest BCUT2D eigenvalue weighted by Gasteiger charge is 1.87. The lowest BCUT2D eigenvalue weighted by Crippen LogP contribution is -1.80. The van der Waals surface area contributed by atoms with Crippen LogP contribution >= 0.6 is 15.9 Å². The predicted molar refractivity (Wildman–Crippen MR) is 31.2 cm³/mol. The third kappa shape index (κ3) is 2.29. The Labute approximate surface area is 47.1 Å². The van der Waals surface area contributed by atoms with Crippen LogP contribution in [-0.4, -0.2) is 0 Å². The number of halogens is 1. The highest BCUT2D eigenvalue weighted by Crippen LogP contribution is 2.01. The molecule has 0 amide bonds. The van der Waals surface area contributed by atoms with E-state index in [1.54, 1.807) is 5.33 Å². The first-order chi connectivity index (χ1) is 2.81. The third-order valence-corrected chi connectivity index (χ3v) is 1.24. The molecule has 1 radical (unpaired) electrons. The molecule has 0 spiro atoms. The van der Waals surface area contributed by atoms with Gasteiger partial charge in [-0.25, -0.2) is 0 Å². The van der Waals surface area contributed by atoms with E-state index in [9.17, 15) is 0 Å². The van der Waals surface area contributed by atoms with Gasteiger partial charge in [-0.2, -0.15) is 0 Å². The molecule has 0 N–H and O–H groups in total. The molecular weight excluding hydrogens is 140 g/mol. The van der Waals surface area contributed by atoms with Crippen LogP contribution in [-0.2, 0) is 0 Å².